The summed E-state index contributed by atoms with van der Waals surface area (Å²) in [5, 5.41) is 0.846. The lowest BCUT2D eigenvalue weighted by molar-refractivity contribution is 0.590. The molecule has 1 aromatic heterocycles. The number of hydrogen-bond acceptors (Lipinski definition) is 5. The number of nitrogens with zero attached hydrogens (tertiary/aromatic N) is 2. The van der Waals surface area contributed by atoms with Gasteiger partial charge >= 0.3 is 0 Å². The van der Waals surface area contributed by atoms with Gasteiger partial charge in [-0.3, -0.25) is 0 Å². The lowest BCUT2D eigenvalue weighted by Gasteiger charge is -2.19. The number of aromatic nitrogens is 2. The van der Waals surface area contributed by atoms with E-state index in [2.05, 4.69) is 60.4 Å². The van der Waals surface area contributed by atoms with E-state index < -0.39 is 0 Å². The summed E-state index contributed by atoms with van der Waals surface area (Å²) < 4.78 is 0. The summed E-state index contributed by atoms with van der Waals surface area (Å²) in [4.78, 5) is 8.37. The Labute approximate surface area is 135 Å². The molecule has 0 fully saturated rings. The fourth-order valence-electron chi connectivity index (χ4n) is 2.60. The Balaban J connectivity index is 2.08. The maximum Gasteiger partial charge on any atom is 0.222 e. The standard InChI is InChI=1S/C18H21N5/c1-18(2,3)13-7-4-11(5-8-13)12-6-9-15-14(10-12)16(23-20)22-17(19)21-15/h4-10H,20H2,1-3H3,(H3,19,21,22,23). The molecule has 3 aromatic rings. The lowest BCUT2D eigenvalue weighted by atomic mass is 9.86. The molecule has 5 nitrogen and oxygen atoms in total. The normalized spacial score (nSPS) is 11.7. The number of hydrogen-bond donors (Lipinski definition) is 3. The van der Waals surface area contributed by atoms with Crippen LogP contribution in [0.4, 0.5) is 11.8 Å². The number of nitrogens with two attached hydrogens (primary N) is 2. The van der Waals surface area contributed by atoms with Gasteiger partial charge in [0, 0.05) is 5.39 Å². The van der Waals surface area contributed by atoms with Crippen LogP contribution >= 0.6 is 0 Å². The van der Waals surface area contributed by atoms with Crippen molar-refractivity contribution in [3.63, 3.8) is 0 Å². The zero-order valence-electron chi connectivity index (χ0n) is 13.6. The van der Waals surface area contributed by atoms with Gasteiger partial charge in [0.15, 0.2) is 5.82 Å². The minimum absolute atomic E-state index is 0.143. The van der Waals surface area contributed by atoms with E-state index >= 15 is 0 Å². The molecular weight excluding hydrogens is 286 g/mol. The zero-order chi connectivity index (χ0) is 16.6. The van der Waals surface area contributed by atoms with Crippen LogP contribution in [0.1, 0.15) is 26.3 Å². The largest absolute Gasteiger partial charge is 0.368 e. The van der Waals surface area contributed by atoms with Crippen LogP contribution in [0.15, 0.2) is 42.5 Å². The Morgan fingerprint density at radius 3 is 2.17 bits per heavy atom. The highest BCUT2D eigenvalue weighted by molar-refractivity contribution is 5.93. The molecule has 0 atom stereocenters. The van der Waals surface area contributed by atoms with Gasteiger partial charge in [0.2, 0.25) is 5.95 Å². The molecule has 1 heterocycles. The van der Waals surface area contributed by atoms with Crippen LogP contribution in [0, 0.1) is 0 Å². The third kappa shape index (κ3) is 2.96. The van der Waals surface area contributed by atoms with Gasteiger partial charge in [0.1, 0.15) is 0 Å². The maximum atomic E-state index is 5.69. The number of benzene rings is 2. The third-order valence-electron chi connectivity index (χ3n) is 3.93. The van der Waals surface area contributed by atoms with Crippen molar-refractivity contribution < 1.29 is 0 Å². The summed E-state index contributed by atoms with van der Waals surface area (Å²) in [6.45, 7) is 6.62. The molecule has 23 heavy (non-hydrogen) atoms. The van der Waals surface area contributed by atoms with Gasteiger partial charge in [-0.25, -0.2) is 10.8 Å². The molecule has 5 N–H and O–H groups in total. The minimum atomic E-state index is 0.143. The molecule has 5 heteroatoms. The van der Waals surface area contributed by atoms with E-state index in [1.165, 1.54) is 5.56 Å². The number of nitrogen functional groups attached to an aromatic ring is 2. The van der Waals surface area contributed by atoms with Gasteiger partial charge in [-0.05, 0) is 34.2 Å². The Bertz CT molecular complexity index is 848. The van der Waals surface area contributed by atoms with E-state index in [1.54, 1.807) is 0 Å². The molecule has 2 aromatic carbocycles. The van der Waals surface area contributed by atoms with Gasteiger partial charge in [0.05, 0.1) is 5.52 Å². The van der Waals surface area contributed by atoms with Crippen molar-refractivity contribution in [2.75, 3.05) is 11.2 Å². The lowest BCUT2D eigenvalue weighted by Crippen LogP contribution is -2.11. The quantitative estimate of drug-likeness (QED) is 0.498. The van der Waals surface area contributed by atoms with E-state index in [0.717, 1.165) is 22.0 Å². The average Bonchev–Trinajstić information content (AvgIpc) is 2.53. The fourth-order valence-corrected chi connectivity index (χ4v) is 2.60. The molecule has 0 saturated heterocycles. The second-order valence-electron chi connectivity index (χ2n) is 6.63. The Morgan fingerprint density at radius 2 is 1.57 bits per heavy atom. The van der Waals surface area contributed by atoms with E-state index in [0.29, 0.717) is 5.82 Å². The summed E-state index contributed by atoms with van der Waals surface area (Å²) in [6, 6.07) is 14.6. The van der Waals surface area contributed by atoms with Crippen molar-refractivity contribution in [1.29, 1.82) is 0 Å². The molecule has 0 radical (unpaired) electrons. The third-order valence-corrected chi connectivity index (χ3v) is 3.93. The van der Waals surface area contributed by atoms with E-state index in [1.807, 2.05) is 18.2 Å². The summed E-state index contributed by atoms with van der Waals surface area (Å²) in [6.07, 6.45) is 0. The van der Waals surface area contributed by atoms with Crippen LogP contribution in [-0.4, -0.2) is 9.97 Å². The second-order valence-corrected chi connectivity index (χ2v) is 6.63. The highest BCUT2D eigenvalue weighted by Gasteiger charge is 2.13. The predicted octanol–water partition coefficient (Wildman–Crippen LogP) is 3.46. The smallest absolute Gasteiger partial charge is 0.222 e. The molecule has 0 spiro atoms. The van der Waals surface area contributed by atoms with Crippen LogP contribution in [0.3, 0.4) is 0 Å². The predicted molar refractivity (Wildman–Crippen MR) is 95.9 cm³/mol. The van der Waals surface area contributed by atoms with Crippen molar-refractivity contribution in [3.05, 3.63) is 48.0 Å². The van der Waals surface area contributed by atoms with Crippen molar-refractivity contribution in [1.82, 2.24) is 9.97 Å². The van der Waals surface area contributed by atoms with E-state index in [-0.39, 0.29) is 11.4 Å². The van der Waals surface area contributed by atoms with Gasteiger partial charge in [-0.1, -0.05) is 51.1 Å². The van der Waals surface area contributed by atoms with Crippen LogP contribution in [0.2, 0.25) is 0 Å². The minimum Gasteiger partial charge on any atom is -0.368 e. The Morgan fingerprint density at radius 1 is 0.913 bits per heavy atom. The van der Waals surface area contributed by atoms with E-state index in [9.17, 15) is 0 Å². The van der Waals surface area contributed by atoms with Crippen LogP contribution in [0.5, 0.6) is 0 Å². The SMILES string of the molecule is CC(C)(C)c1ccc(-c2ccc3nc(N)nc(NN)c3c2)cc1. The molecule has 3 rings (SSSR count). The number of rotatable bonds is 2. The van der Waals surface area contributed by atoms with Crippen molar-refractivity contribution in [2.45, 2.75) is 26.2 Å². The molecule has 0 unspecified atom stereocenters. The van der Waals surface area contributed by atoms with E-state index in [4.69, 9.17) is 11.6 Å². The summed E-state index contributed by atoms with van der Waals surface area (Å²) in [5.41, 5.74) is 12.7. The summed E-state index contributed by atoms with van der Waals surface area (Å²) in [5.74, 6) is 6.28. The van der Waals surface area contributed by atoms with Gasteiger partial charge in [0.25, 0.3) is 0 Å². The molecular formula is C18H21N5. The Kier molecular flexibility index (Phi) is 3.66. The van der Waals surface area contributed by atoms with Crippen molar-refractivity contribution >= 4 is 22.7 Å². The zero-order valence-corrected chi connectivity index (χ0v) is 13.6. The molecule has 0 aliphatic heterocycles. The molecule has 0 saturated carbocycles. The average molecular weight is 307 g/mol. The molecule has 118 valence electrons. The topological polar surface area (TPSA) is 89.8 Å². The number of anilines is 2. The second kappa shape index (κ2) is 5.52. The summed E-state index contributed by atoms with van der Waals surface area (Å²) in [7, 11) is 0. The number of nitrogens with one attached hydrogen (secondary N) is 1. The first-order chi connectivity index (χ1) is 10.9. The molecule has 0 bridgehead atoms. The van der Waals surface area contributed by atoms with Gasteiger partial charge in [-0.2, -0.15) is 4.98 Å². The maximum absolute atomic E-state index is 5.69. The van der Waals surface area contributed by atoms with Crippen LogP contribution in [0.25, 0.3) is 22.0 Å². The Hall–Kier alpha value is -2.66. The molecule has 0 aliphatic carbocycles. The fraction of sp³-hybridized carbons (Fsp3) is 0.222. The highest BCUT2D eigenvalue weighted by atomic mass is 15.3. The first-order valence-corrected chi connectivity index (χ1v) is 7.53. The van der Waals surface area contributed by atoms with Crippen molar-refractivity contribution in [2.24, 2.45) is 5.84 Å². The van der Waals surface area contributed by atoms with Crippen molar-refractivity contribution in [3.8, 4) is 11.1 Å². The summed E-state index contributed by atoms with van der Waals surface area (Å²) >= 11 is 0. The molecule has 0 aliphatic rings. The highest BCUT2D eigenvalue weighted by Crippen LogP contribution is 2.29. The first kappa shape index (κ1) is 15.2. The molecule has 0 amide bonds. The first-order valence-electron chi connectivity index (χ1n) is 7.53. The monoisotopic (exact) mass is 307 g/mol. The number of fused-ring (bicyclic) bond motifs is 1. The van der Waals surface area contributed by atoms with Gasteiger partial charge in [-0.15, -0.1) is 0 Å². The van der Waals surface area contributed by atoms with Gasteiger partial charge < -0.3 is 11.2 Å². The van der Waals surface area contributed by atoms with Crippen LogP contribution in [-0.2, 0) is 5.41 Å². The van der Waals surface area contributed by atoms with Crippen LogP contribution < -0.4 is 17.0 Å². The number of hydrazine groups is 1.